The monoisotopic (exact) mass is 432 g/mol. The molecule has 2 N–H and O–H groups in total. The molecule has 0 bridgehead atoms. The van der Waals surface area contributed by atoms with Crippen LogP contribution in [0.25, 0.3) is 0 Å². The van der Waals surface area contributed by atoms with Crippen molar-refractivity contribution >= 4 is 33.2 Å². The minimum Gasteiger partial charge on any atom is -0.352 e. The first-order valence-corrected chi connectivity index (χ1v) is 10.7. The Morgan fingerprint density at radius 2 is 1.35 bits per heavy atom. The van der Waals surface area contributed by atoms with Crippen LogP contribution in [-0.4, -0.2) is 25.9 Å². The van der Waals surface area contributed by atoms with Gasteiger partial charge in [0.1, 0.15) is 0 Å². The summed E-state index contributed by atoms with van der Waals surface area (Å²) in [5, 5.41) is 2.86. The van der Waals surface area contributed by atoms with E-state index in [1.54, 1.807) is 42.5 Å². The molecule has 0 unspecified atom stereocenters. The van der Waals surface area contributed by atoms with Gasteiger partial charge in [0.2, 0.25) is 5.78 Å². The molecule has 154 valence electrons. The molecule has 1 amide bonds. The lowest BCUT2D eigenvalue weighted by atomic mass is 9.92. The van der Waals surface area contributed by atoms with Crippen LogP contribution in [0, 0.1) is 0 Å². The first-order chi connectivity index (χ1) is 14.8. The summed E-state index contributed by atoms with van der Waals surface area (Å²) in [6.45, 7) is 0. The van der Waals surface area contributed by atoms with Crippen LogP contribution in [-0.2, 0) is 10.0 Å². The number of allylic oxidation sites excluding steroid dienone is 2. The molecule has 0 aromatic heterocycles. The van der Waals surface area contributed by atoms with Crippen LogP contribution in [0.2, 0.25) is 0 Å². The fourth-order valence-electron chi connectivity index (χ4n) is 3.11. The van der Waals surface area contributed by atoms with Crippen molar-refractivity contribution in [1.29, 1.82) is 0 Å². The van der Waals surface area contributed by atoms with Crippen molar-refractivity contribution in [2.75, 3.05) is 5.32 Å². The highest BCUT2D eigenvalue weighted by Crippen LogP contribution is 2.23. The Bertz CT molecular complexity index is 1330. The van der Waals surface area contributed by atoms with Crippen LogP contribution in [0.1, 0.15) is 31.1 Å². The zero-order chi connectivity index (χ0) is 22.0. The Hall–Kier alpha value is -4.04. The van der Waals surface area contributed by atoms with Crippen molar-refractivity contribution in [3.63, 3.8) is 0 Å². The molecule has 0 fully saturated rings. The minimum absolute atomic E-state index is 0.0942. The van der Waals surface area contributed by atoms with Crippen LogP contribution in [0.4, 0.5) is 5.69 Å². The lowest BCUT2D eigenvalue weighted by Crippen LogP contribution is -2.30. The smallest absolute Gasteiger partial charge is 0.264 e. The van der Waals surface area contributed by atoms with Gasteiger partial charge in [-0.25, -0.2) is 13.1 Å². The van der Waals surface area contributed by atoms with Crippen LogP contribution in [0.5, 0.6) is 0 Å². The number of sulfonamides is 1. The molecule has 0 aliphatic heterocycles. The number of Topliss-reactive ketones (excluding diaryl/α,β-unsaturated/α-hetero) is 1. The predicted molar refractivity (Wildman–Crippen MR) is 114 cm³/mol. The van der Waals surface area contributed by atoms with Gasteiger partial charge in [-0.15, -0.1) is 0 Å². The van der Waals surface area contributed by atoms with Gasteiger partial charge in [-0.2, -0.15) is 0 Å². The van der Waals surface area contributed by atoms with E-state index in [1.165, 1.54) is 42.5 Å². The van der Waals surface area contributed by atoms with Crippen molar-refractivity contribution < 1.29 is 22.8 Å². The third kappa shape index (κ3) is 4.15. The van der Waals surface area contributed by atoms with Gasteiger partial charge in [0.25, 0.3) is 15.9 Å². The predicted octanol–water partition coefficient (Wildman–Crippen LogP) is 3.18. The quantitative estimate of drug-likeness (QED) is 0.641. The summed E-state index contributed by atoms with van der Waals surface area (Å²) in [6.07, 6.45) is 1.22. The summed E-state index contributed by atoms with van der Waals surface area (Å²) in [5.74, 6) is -1.36. The molecule has 0 saturated heterocycles. The summed E-state index contributed by atoms with van der Waals surface area (Å²) < 4.78 is 27.0. The Balaban J connectivity index is 1.50. The van der Waals surface area contributed by atoms with E-state index in [1.807, 2.05) is 4.72 Å². The minimum atomic E-state index is -4.08. The molecule has 1 aliphatic rings. The Kier molecular flexibility index (Phi) is 5.22. The third-order valence-corrected chi connectivity index (χ3v) is 6.01. The number of ketones is 2. The fraction of sp³-hybridized carbons (Fsp3) is 0. The average Bonchev–Trinajstić information content (AvgIpc) is 2.78. The maximum atomic E-state index is 12.6. The van der Waals surface area contributed by atoms with Crippen LogP contribution in [0.15, 0.2) is 95.5 Å². The molecule has 4 rings (SSSR count). The molecule has 0 saturated carbocycles. The van der Waals surface area contributed by atoms with Gasteiger partial charge in [-0.3, -0.25) is 14.4 Å². The van der Waals surface area contributed by atoms with E-state index in [9.17, 15) is 22.8 Å². The molecule has 7 nitrogen and oxygen atoms in total. The molecule has 8 heteroatoms. The fourth-order valence-corrected chi connectivity index (χ4v) is 4.08. The number of benzene rings is 3. The largest absolute Gasteiger partial charge is 0.352 e. The van der Waals surface area contributed by atoms with Gasteiger partial charge >= 0.3 is 0 Å². The second-order valence-corrected chi connectivity index (χ2v) is 8.43. The lowest BCUT2D eigenvalue weighted by molar-refractivity contribution is 0.0980. The number of anilines is 1. The molecule has 1 aliphatic carbocycles. The molecule has 3 aromatic rings. The zero-order valence-electron chi connectivity index (χ0n) is 16.0. The summed E-state index contributed by atoms with van der Waals surface area (Å²) in [4.78, 5) is 36.9. The van der Waals surface area contributed by atoms with E-state index >= 15 is 0 Å². The van der Waals surface area contributed by atoms with Crippen molar-refractivity contribution in [2.45, 2.75) is 4.90 Å². The molecular formula is C23H16N2O5S. The highest BCUT2D eigenvalue weighted by Gasteiger charge is 2.25. The number of fused-ring (bicyclic) bond motifs is 1. The van der Waals surface area contributed by atoms with E-state index in [4.69, 9.17) is 0 Å². The van der Waals surface area contributed by atoms with Crippen LogP contribution >= 0.6 is 0 Å². The Morgan fingerprint density at radius 1 is 0.742 bits per heavy atom. The second-order valence-electron chi connectivity index (χ2n) is 6.75. The van der Waals surface area contributed by atoms with Gasteiger partial charge < -0.3 is 5.32 Å². The number of amides is 1. The van der Waals surface area contributed by atoms with Gasteiger partial charge in [-0.05, 0) is 36.4 Å². The highest BCUT2D eigenvalue weighted by molar-refractivity contribution is 7.90. The molecule has 3 aromatic carbocycles. The number of carbonyl (C=O) groups excluding carboxylic acids is 3. The summed E-state index contributed by atoms with van der Waals surface area (Å²) in [5.41, 5.74) is 1.38. The molecular weight excluding hydrogens is 416 g/mol. The molecule has 0 radical (unpaired) electrons. The van der Waals surface area contributed by atoms with Crippen molar-refractivity contribution in [2.24, 2.45) is 0 Å². The van der Waals surface area contributed by atoms with Crippen molar-refractivity contribution in [1.82, 2.24) is 4.72 Å². The number of hydrogen-bond donors (Lipinski definition) is 2. The Morgan fingerprint density at radius 3 is 2.03 bits per heavy atom. The van der Waals surface area contributed by atoms with E-state index in [-0.39, 0.29) is 27.7 Å². The lowest BCUT2D eigenvalue weighted by Gasteiger charge is -2.16. The highest BCUT2D eigenvalue weighted by atomic mass is 32.2. The number of nitrogens with one attached hydrogen (secondary N) is 2. The summed E-state index contributed by atoms with van der Waals surface area (Å²) in [6, 6.07) is 20.0. The third-order valence-electron chi connectivity index (χ3n) is 4.66. The van der Waals surface area contributed by atoms with Crippen LogP contribution in [0.3, 0.4) is 0 Å². The Labute approximate surface area is 178 Å². The number of carbonyl (C=O) groups is 3. The average molecular weight is 432 g/mol. The second kappa shape index (κ2) is 8.00. The van der Waals surface area contributed by atoms with E-state index in [0.29, 0.717) is 16.8 Å². The summed E-state index contributed by atoms with van der Waals surface area (Å²) >= 11 is 0. The molecule has 0 spiro atoms. The first kappa shape index (κ1) is 20.2. The molecule has 0 atom stereocenters. The normalized spacial score (nSPS) is 13.2. The maximum absolute atomic E-state index is 12.6. The number of hydrogen-bond acceptors (Lipinski definition) is 6. The van der Waals surface area contributed by atoms with Crippen LogP contribution < -0.4 is 10.0 Å². The molecule has 31 heavy (non-hydrogen) atoms. The van der Waals surface area contributed by atoms with E-state index in [2.05, 4.69) is 5.32 Å². The maximum Gasteiger partial charge on any atom is 0.264 e. The van der Waals surface area contributed by atoms with Crippen molar-refractivity contribution in [3.8, 4) is 0 Å². The zero-order valence-corrected chi connectivity index (χ0v) is 16.8. The first-order valence-electron chi connectivity index (χ1n) is 9.24. The van der Waals surface area contributed by atoms with Gasteiger partial charge in [-0.1, -0.05) is 42.5 Å². The molecule has 0 heterocycles. The van der Waals surface area contributed by atoms with E-state index in [0.717, 1.165) is 0 Å². The standard InChI is InChI=1S/C23H16N2O5S/c26-21-14-20(22(27)19-9-5-4-8-18(19)21)24-16-10-12-17(13-11-16)31(29,30)25-23(28)15-6-2-1-3-7-15/h1-14,24H,(H,25,28). The SMILES string of the molecule is O=C(NS(=O)(=O)c1ccc(NC2=CC(=O)c3ccccc3C2=O)cc1)c1ccccc1. The van der Waals surface area contributed by atoms with E-state index < -0.39 is 15.9 Å². The van der Waals surface area contributed by atoms with Gasteiger partial charge in [0.05, 0.1) is 10.6 Å². The summed E-state index contributed by atoms with van der Waals surface area (Å²) in [7, 11) is -4.08. The van der Waals surface area contributed by atoms with Gasteiger partial charge in [0.15, 0.2) is 5.78 Å². The topological polar surface area (TPSA) is 109 Å². The van der Waals surface area contributed by atoms with Crippen molar-refractivity contribution in [3.05, 3.63) is 107 Å². The van der Waals surface area contributed by atoms with Gasteiger partial charge in [0, 0.05) is 28.5 Å². The number of rotatable bonds is 5.